The van der Waals surface area contributed by atoms with Gasteiger partial charge in [0.05, 0.1) is 5.69 Å². The van der Waals surface area contributed by atoms with Crippen molar-refractivity contribution in [3.8, 4) is 0 Å². The highest BCUT2D eigenvalue weighted by atomic mass is 32.2. The van der Waals surface area contributed by atoms with Crippen LogP contribution < -0.4 is 5.48 Å². The van der Waals surface area contributed by atoms with Crippen LogP contribution in [0.25, 0.3) is 0 Å². The van der Waals surface area contributed by atoms with Crippen LogP contribution in [0.15, 0.2) is 34.2 Å². The summed E-state index contributed by atoms with van der Waals surface area (Å²) < 4.78 is 0. The van der Waals surface area contributed by atoms with Crippen molar-refractivity contribution < 1.29 is 5.21 Å². The molecule has 1 aromatic rings. The number of aliphatic imine (C=N–C) groups is 1. The Kier molecular flexibility index (Phi) is 4.25. The molecule has 0 bridgehead atoms. The highest BCUT2D eigenvalue weighted by Crippen LogP contribution is 2.35. The molecule has 0 amide bonds. The zero-order chi connectivity index (χ0) is 11.2. The fraction of sp³-hybridized carbons (Fsp3) is 0.417. The number of hydroxylamine groups is 1. The molecule has 0 saturated heterocycles. The molecule has 0 aromatic heterocycles. The summed E-state index contributed by atoms with van der Waals surface area (Å²) in [5.74, 6) is 0. The first-order chi connectivity index (χ1) is 7.88. The van der Waals surface area contributed by atoms with E-state index in [0.29, 0.717) is 0 Å². The Morgan fingerprint density at radius 1 is 1.25 bits per heavy atom. The molecule has 1 aliphatic rings. The van der Waals surface area contributed by atoms with Crippen molar-refractivity contribution in [2.24, 2.45) is 4.99 Å². The minimum absolute atomic E-state index is 0.799. The highest BCUT2D eigenvalue weighted by Gasteiger charge is 2.15. The van der Waals surface area contributed by atoms with E-state index in [4.69, 9.17) is 5.21 Å². The van der Waals surface area contributed by atoms with E-state index < -0.39 is 0 Å². The molecule has 86 valence electrons. The van der Waals surface area contributed by atoms with Crippen molar-refractivity contribution in [1.82, 2.24) is 5.48 Å². The number of hydrogen-bond acceptors (Lipinski definition) is 3. The SMILES string of the molecule is ONC=Nc1ccc(SC2CCCC2)cc1. The summed E-state index contributed by atoms with van der Waals surface area (Å²) in [5, 5.41) is 9.17. The Balaban J connectivity index is 1.93. The number of benzene rings is 1. The fourth-order valence-electron chi connectivity index (χ4n) is 1.91. The van der Waals surface area contributed by atoms with Gasteiger partial charge in [0.25, 0.3) is 0 Å². The molecule has 1 saturated carbocycles. The van der Waals surface area contributed by atoms with Crippen molar-refractivity contribution in [3.05, 3.63) is 24.3 Å². The van der Waals surface area contributed by atoms with Crippen LogP contribution in [0.3, 0.4) is 0 Å². The summed E-state index contributed by atoms with van der Waals surface area (Å²) in [4.78, 5) is 5.31. The number of nitrogens with one attached hydrogen (secondary N) is 1. The maximum atomic E-state index is 8.37. The maximum absolute atomic E-state index is 8.37. The van der Waals surface area contributed by atoms with E-state index in [2.05, 4.69) is 17.1 Å². The van der Waals surface area contributed by atoms with Crippen molar-refractivity contribution in [2.45, 2.75) is 35.8 Å². The average Bonchev–Trinajstić information content (AvgIpc) is 2.81. The largest absolute Gasteiger partial charge is 0.290 e. The van der Waals surface area contributed by atoms with Gasteiger partial charge in [0, 0.05) is 10.1 Å². The third kappa shape index (κ3) is 3.25. The highest BCUT2D eigenvalue weighted by molar-refractivity contribution is 8.00. The zero-order valence-electron chi connectivity index (χ0n) is 9.10. The Morgan fingerprint density at radius 3 is 2.56 bits per heavy atom. The van der Waals surface area contributed by atoms with E-state index in [1.54, 1.807) is 0 Å². The van der Waals surface area contributed by atoms with Gasteiger partial charge in [0.15, 0.2) is 0 Å². The van der Waals surface area contributed by atoms with Gasteiger partial charge in [-0.3, -0.25) is 10.7 Å². The van der Waals surface area contributed by atoms with E-state index in [9.17, 15) is 0 Å². The number of nitrogens with zero attached hydrogens (tertiary/aromatic N) is 1. The number of hydrogen-bond donors (Lipinski definition) is 2. The van der Waals surface area contributed by atoms with Gasteiger partial charge in [-0.25, -0.2) is 4.99 Å². The van der Waals surface area contributed by atoms with Gasteiger partial charge in [0.2, 0.25) is 0 Å². The number of thioether (sulfide) groups is 1. The third-order valence-corrected chi connectivity index (χ3v) is 4.06. The smallest absolute Gasteiger partial charge is 0.113 e. The van der Waals surface area contributed by atoms with Crippen LogP contribution in [-0.2, 0) is 0 Å². The van der Waals surface area contributed by atoms with Gasteiger partial charge in [-0.2, -0.15) is 0 Å². The van der Waals surface area contributed by atoms with E-state index in [-0.39, 0.29) is 0 Å². The fourth-order valence-corrected chi connectivity index (χ4v) is 3.16. The molecule has 0 unspecified atom stereocenters. The molecule has 16 heavy (non-hydrogen) atoms. The first kappa shape index (κ1) is 11.5. The molecule has 0 atom stereocenters. The third-order valence-electron chi connectivity index (χ3n) is 2.71. The van der Waals surface area contributed by atoms with Gasteiger partial charge < -0.3 is 0 Å². The van der Waals surface area contributed by atoms with Crippen LogP contribution in [0.2, 0.25) is 0 Å². The Bertz CT molecular complexity index is 345. The minimum atomic E-state index is 0.799. The Morgan fingerprint density at radius 2 is 1.94 bits per heavy atom. The van der Waals surface area contributed by atoms with Crippen LogP contribution in [0.1, 0.15) is 25.7 Å². The van der Waals surface area contributed by atoms with Crippen LogP contribution in [-0.4, -0.2) is 16.8 Å². The summed E-state index contributed by atoms with van der Waals surface area (Å²) in [6.07, 6.45) is 6.71. The van der Waals surface area contributed by atoms with Gasteiger partial charge in [-0.1, -0.05) is 12.8 Å². The lowest BCUT2D eigenvalue weighted by Gasteiger charge is -2.08. The van der Waals surface area contributed by atoms with Crippen molar-refractivity contribution >= 4 is 23.8 Å². The lowest BCUT2D eigenvalue weighted by molar-refractivity contribution is 0.240. The van der Waals surface area contributed by atoms with Crippen molar-refractivity contribution in [3.63, 3.8) is 0 Å². The summed E-state index contributed by atoms with van der Waals surface area (Å²) in [7, 11) is 0. The lowest BCUT2D eigenvalue weighted by atomic mass is 10.3. The summed E-state index contributed by atoms with van der Waals surface area (Å²) in [6.45, 7) is 0. The molecule has 2 rings (SSSR count). The minimum Gasteiger partial charge on any atom is -0.290 e. The summed E-state index contributed by atoms with van der Waals surface area (Å²) in [6, 6.07) is 8.11. The Labute approximate surface area is 99.9 Å². The van der Waals surface area contributed by atoms with Crippen LogP contribution in [0.4, 0.5) is 5.69 Å². The molecule has 0 heterocycles. The predicted molar refractivity (Wildman–Crippen MR) is 67.6 cm³/mol. The molecule has 0 radical (unpaired) electrons. The second-order valence-corrected chi connectivity index (χ2v) is 5.28. The molecule has 4 heteroatoms. The summed E-state index contributed by atoms with van der Waals surface area (Å²) >= 11 is 1.97. The summed E-state index contributed by atoms with van der Waals surface area (Å²) in [5.41, 5.74) is 2.74. The molecule has 1 aromatic carbocycles. The maximum Gasteiger partial charge on any atom is 0.113 e. The van der Waals surface area contributed by atoms with Gasteiger partial charge in [-0.15, -0.1) is 11.8 Å². The van der Waals surface area contributed by atoms with E-state index in [1.165, 1.54) is 36.9 Å². The molecule has 1 fully saturated rings. The molecular weight excluding hydrogens is 220 g/mol. The molecular formula is C12H16N2OS. The molecule has 2 N–H and O–H groups in total. The van der Waals surface area contributed by atoms with Gasteiger partial charge in [-0.05, 0) is 37.1 Å². The van der Waals surface area contributed by atoms with Crippen LogP contribution in [0, 0.1) is 0 Å². The topological polar surface area (TPSA) is 44.6 Å². The van der Waals surface area contributed by atoms with Gasteiger partial charge in [0.1, 0.15) is 6.34 Å². The standard InChI is InChI=1S/C12H16N2OS/c15-14-9-13-10-5-7-12(8-6-10)16-11-3-1-2-4-11/h5-9,11,15H,1-4H2,(H,13,14). The number of rotatable bonds is 4. The van der Waals surface area contributed by atoms with E-state index in [1.807, 2.05) is 29.4 Å². The van der Waals surface area contributed by atoms with Crippen molar-refractivity contribution in [2.75, 3.05) is 0 Å². The van der Waals surface area contributed by atoms with E-state index >= 15 is 0 Å². The van der Waals surface area contributed by atoms with Crippen molar-refractivity contribution in [1.29, 1.82) is 0 Å². The first-order valence-corrected chi connectivity index (χ1v) is 6.45. The first-order valence-electron chi connectivity index (χ1n) is 5.57. The monoisotopic (exact) mass is 236 g/mol. The second-order valence-electron chi connectivity index (χ2n) is 3.91. The van der Waals surface area contributed by atoms with E-state index in [0.717, 1.165) is 10.9 Å². The normalized spacial score (nSPS) is 17.1. The molecule has 0 spiro atoms. The second kappa shape index (κ2) is 5.92. The van der Waals surface area contributed by atoms with Crippen LogP contribution in [0.5, 0.6) is 0 Å². The van der Waals surface area contributed by atoms with Gasteiger partial charge >= 0.3 is 0 Å². The Hall–Kier alpha value is -1.00. The quantitative estimate of drug-likeness (QED) is 0.478. The molecule has 0 aliphatic heterocycles. The zero-order valence-corrected chi connectivity index (χ0v) is 9.91. The predicted octanol–water partition coefficient (Wildman–Crippen LogP) is 3.36. The average molecular weight is 236 g/mol. The molecule has 3 nitrogen and oxygen atoms in total. The lowest BCUT2D eigenvalue weighted by Crippen LogP contribution is -2.00. The molecule has 1 aliphatic carbocycles. The van der Waals surface area contributed by atoms with Crippen LogP contribution >= 0.6 is 11.8 Å².